The quantitative estimate of drug-likeness (QED) is 0.520. The zero-order chi connectivity index (χ0) is 20.8. The fraction of sp³-hybridized carbons (Fsp3) is 0.0455. The highest BCUT2D eigenvalue weighted by atomic mass is 16.2. The van der Waals surface area contributed by atoms with E-state index < -0.39 is 0 Å². The molecule has 0 spiro atoms. The molecule has 0 saturated carbocycles. The highest BCUT2D eigenvalue weighted by Crippen LogP contribution is 2.17. The number of anilines is 1. The number of nitrogens with one attached hydrogen (secondary N) is 2. The normalized spacial score (nSPS) is 10.4. The predicted octanol–water partition coefficient (Wildman–Crippen LogP) is 2.84. The van der Waals surface area contributed by atoms with Gasteiger partial charge in [0.05, 0.1) is 11.3 Å². The summed E-state index contributed by atoms with van der Waals surface area (Å²) in [4.78, 5) is 33.6. The Labute approximate surface area is 172 Å². The van der Waals surface area contributed by atoms with E-state index in [0.717, 1.165) is 5.56 Å². The molecule has 0 fully saturated rings. The number of pyridine rings is 1. The molecule has 4 rings (SSSR count). The van der Waals surface area contributed by atoms with Crippen LogP contribution in [-0.2, 0) is 6.54 Å². The van der Waals surface area contributed by atoms with Crippen LogP contribution in [0.5, 0.6) is 0 Å². The Kier molecular flexibility index (Phi) is 5.56. The van der Waals surface area contributed by atoms with Gasteiger partial charge in [-0.05, 0) is 30.3 Å². The topological polar surface area (TPSA) is 102 Å². The molecular formula is C22H18N6O2. The number of hydrogen-bond acceptors (Lipinski definition) is 5. The Morgan fingerprint density at radius 3 is 2.50 bits per heavy atom. The third-order valence-corrected chi connectivity index (χ3v) is 4.40. The van der Waals surface area contributed by atoms with Crippen molar-refractivity contribution in [1.82, 2.24) is 25.1 Å². The summed E-state index contributed by atoms with van der Waals surface area (Å²) >= 11 is 0. The molecule has 0 aliphatic rings. The summed E-state index contributed by atoms with van der Waals surface area (Å²) in [6.07, 6.45) is 4.61. The summed E-state index contributed by atoms with van der Waals surface area (Å²) in [6.45, 7) is 0.239. The number of benzene rings is 2. The molecule has 0 radical (unpaired) electrons. The van der Waals surface area contributed by atoms with Crippen LogP contribution in [-0.4, -0.2) is 31.6 Å². The van der Waals surface area contributed by atoms with Gasteiger partial charge < -0.3 is 10.6 Å². The largest absolute Gasteiger partial charge is 0.348 e. The van der Waals surface area contributed by atoms with E-state index in [0.29, 0.717) is 22.6 Å². The molecule has 0 aliphatic heterocycles. The van der Waals surface area contributed by atoms with Crippen LogP contribution < -0.4 is 10.6 Å². The van der Waals surface area contributed by atoms with E-state index in [-0.39, 0.29) is 18.4 Å². The van der Waals surface area contributed by atoms with Gasteiger partial charge in [0.2, 0.25) is 0 Å². The molecule has 2 aromatic heterocycles. The van der Waals surface area contributed by atoms with Gasteiger partial charge in [0.1, 0.15) is 12.7 Å². The maximum Gasteiger partial charge on any atom is 0.255 e. The maximum absolute atomic E-state index is 12.8. The van der Waals surface area contributed by atoms with Gasteiger partial charge in [-0.15, -0.1) is 0 Å². The lowest BCUT2D eigenvalue weighted by atomic mass is 10.1. The molecule has 4 aromatic rings. The van der Waals surface area contributed by atoms with E-state index in [9.17, 15) is 9.59 Å². The van der Waals surface area contributed by atoms with E-state index in [1.807, 2.05) is 12.1 Å². The first-order valence-electron chi connectivity index (χ1n) is 9.25. The molecule has 8 nitrogen and oxygen atoms in total. The summed E-state index contributed by atoms with van der Waals surface area (Å²) in [6, 6.07) is 19.4. The van der Waals surface area contributed by atoms with Gasteiger partial charge >= 0.3 is 0 Å². The van der Waals surface area contributed by atoms with Gasteiger partial charge in [-0.1, -0.05) is 36.4 Å². The van der Waals surface area contributed by atoms with Gasteiger partial charge in [0.25, 0.3) is 11.8 Å². The first kappa shape index (κ1) is 19.0. The van der Waals surface area contributed by atoms with Crippen LogP contribution in [0, 0.1) is 0 Å². The van der Waals surface area contributed by atoms with Crippen molar-refractivity contribution in [3.8, 4) is 5.82 Å². The van der Waals surface area contributed by atoms with Crippen molar-refractivity contribution in [2.75, 3.05) is 5.32 Å². The molecule has 148 valence electrons. The fourth-order valence-corrected chi connectivity index (χ4v) is 2.94. The molecule has 2 aromatic carbocycles. The number of rotatable bonds is 6. The first-order valence-corrected chi connectivity index (χ1v) is 9.25. The predicted molar refractivity (Wildman–Crippen MR) is 111 cm³/mol. The summed E-state index contributed by atoms with van der Waals surface area (Å²) in [5.41, 5.74) is 2.10. The number of aromatic nitrogens is 4. The number of para-hydroxylation sites is 1. The van der Waals surface area contributed by atoms with E-state index in [4.69, 9.17) is 0 Å². The number of carbonyl (C=O) groups excluding carboxylic acids is 2. The van der Waals surface area contributed by atoms with Crippen molar-refractivity contribution in [1.29, 1.82) is 0 Å². The monoisotopic (exact) mass is 398 g/mol. The highest BCUT2D eigenvalue weighted by Gasteiger charge is 2.15. The third kappa shape index (κ3) is 4.22. The molecule has 0 unspecified atom stereocenters. The zero-order valence-corrected chi connectivity index (χ0v) is 15.9. The lowest BCUT2D eigenvalue weighted by molar-refractivity contribution is 0.0951. The van der Waals surface area contributed by atoms with Crippen molar-refractivity contribution in [2.45, 2.75) is 6.54 Å². The van der Waals surface area contributed by atoms with Crippen LogP contribution in [0.25, 0.3) is 5.82 Å². The number of hydrogen-bond donors (Lipinski definition) is 2. The van der Waals surface area contributed by atoms with E-state index in [1.165, 1.54) is 11.0 Å². The molecule has 0 bridgehead atoms. The summed E-state index contributed by atoms with van der Waals surface area (Å²) in [5, 5.41) is 9.78. The van der Waals surface area contributed by atoms with Crippen molar-refractivity contribution < 1.29 is 9.59 Å². The molecule has 2 N–H and O–H groups in total. The molecule has 8 heteroatoms. The zero-order valence-electron chi connectivity index (χ0n) is 15.9. The molecule has 2 heterocycles. The minimum Gasteiger partial charge on any atom is -0.348 e. The Morgan fingerprint density at radius 2 is 1.70 bits per heavy atom. The second kappa shape index (κ2) is 8.78. The molecule has 2 amide bonds. The van der Waals surface area contributed by atoms with E-state index in [1.54, 1.807) is 67.1 Å². The lowest BCUT2D eigenvalue weighted by Gasteiger charge is -2.13. The number of amides is 2. The van der Waals surface area contributed by atoms with E-state index in [2.05, 4.69) is 25.7 Å². The Balaban J connectivity index is 1.50. The van der Waals surface area contributed by atoms with Crippen molar-refractivity contribution in [3.63, 3.8) is 0 Å². The average molecular weight is 398 g/mol. The van der Waals surface area contributed by atoms with Gasteiger partial charge in [0.15, 0.2) is 5.82 Å². The molecular weight excluding hydrogens is 380 g/mol. The van der Waals surface area contributed by atoms with Gasteiger partial charge in [-0.2, -0.15) is 5.10 Å². The van der Waals surface area contributed by atoms with Crippen LogP contribution in [0.4, 0.5) is 5.69 Å². The smallest absolute Gasteiger partial charge is 0.255 e. The molecule has 0 saturated heterocycles. The molecule has 0 atom stereocenters. The van der Waals surface area contributed by atoms with E-state index >= 15 is 0 Å². The summed E-state index contributed by atoms with van der Waals surface area (Å²) < 4.78 is 1.54. The summed E-state index contributed by atoms with van der Waals surface area (Å²) in [5.74, 6) is -0.00935. The van der Waals surface area contributed by atoms with Crippen molar-refractivity contribution in [3.05, 3.63) is 102 Å². The van der Waals surface area contributed by atoms with Crippen LogP contribution >= 0.6 is 0 Å². The Bertz CT molecular complexity index is 1160. The van der Waals surface area contributed by atoms with Gasteiger partial charge in [-0.25, -0.2) is 14.6 Å². The average Bonchev–Trinajstić information content (AvgIpc) is 3.33. The van der Waals surface area contributed by atoms with Crippen molar-refractivity contribution in [2.24, 2.45) is 0 Å². The Hall–Kier alpha value is -4.33. The second-order valence-corrected chi connectivity index (χ2v) is 6.37. The van der Waals surface area contributed by atoms with Crippen LogP contribution in [0.15, 0.2) is 85.6 Å². The number of carbonyl (C=O) groups is 2. The SMILES string of the molecule is O=C(Nc1ccccc1C(=O)NCc1cccnc1-n1cncn1)c1ccccc1. The first-order chi connectivity index (χ1) is 14.7. The van der Waals surface area contributed by atoms with Gasteiger partial charge in [-0.3, -0.25) is 9.59 Å². The van der Waals surface area contributed by atoms with Crippen molar-refractivity contribution >= 4 is 17.5 Å². The van der Waals surface area contributed by atoms with Crippen LogP contribution in [0.1, 0.15) is 26.3 Å². The lowest BCUT2D eigenvalue weighted by Crippen LogP contribution is -2.25. The minimum atomic E-state index is -0.313. The minimum absolute atomic E-state index is 0.239. The van der Waals surface area contributed by atoms with Crippen LogP contribution in [0.3, 0.4) is 0 Å². The fourth-order valence-electron chi connectivity index (χ4n) is 2.94. The van der Waals surface area contributed by atoms with Crippen LogP contribution in [0.2, 0.25) is 0 Å². The molecule has 0 aliphatic carbocycles. The van der Waals surface area contributed by atoms with Gasteiger partial charge in [0, 0.05) is 23.9 Å². The summed E-state index contributed by atoms with van der Waals surface area (Å²) in [7, 11) is 0. The standard InChI is InChI=1S/C22H18N6O2/c29-21(16-7-2-1-3-8-16)27-19-11-5-4-10-18(19)22(30)25-13-17-9-6-12-24-20(17)28-15-23-14-26-28/h1-12,14-15H,13H2,(H,25,30)(H,27,29). The third-order valence-electron chi connectivity index (χ3n) is 4.40. The number of nitrogens with zero attached hydrogens (tertiary/aromatic N) is 4. The second-order valence-electron chi connectivity index (χ2n) is 6.37. The highest BCUT2D eigenvalue weighted by molar-refractivity contribution is 6.08. The maximum atomic E-state index is 12.8. The Morgan fingerprint density at radius 1 is 0.900 bits per heavy atom. The molecule has 30 heavy (non-hydrogen) atoms.